The van der Waals surface area contributed by atoms with Gasteiger partial charge in [-0.2, -0.15) is 4.99 Å². The van der Waals surface area contributed by atoms with E-state index in [0.717, 1.165) is 6.07 Å². The molecule has 0 atom stereocenters. The maximum Gasteiger partial charge on any atom is 0.240 e. The number of hydrogen-bond donors (Lipinski definition) is 0. The maximum absolute atomic E-state index is 12.7. The van der Waals surface area contributed by atoms with Gasteiger partial charge in [0.25, 0.3) is 0 Å². The smallest absolute Gasteiger partial charge is 0.211 e. The Bertz CT molecular complexity index is 356. The molecule has 0 aromatic heterocycles. The van der Waals surface area contributed by atoms with Crippen molar-refractivity contribution >= 4 is 11.8 Å². The molecule has 12 heavy (non-hydrogen) atoms. The van der Waals surface area contributed by atoms with Gasteiger partial charge in [-0.25, -0.2) is 13.6 Å². The molecule has 4 heteroatoms. The zero-order valence-electron chi connectivity index (χ0n) is 6.27. The Kier molecular flexibility index (Phi) is 2.31. The molecule has 0 fully saturated rings. The first-order valence-corrected chi connectivity index (χ1v) is 3.18. The van der Waals surface area contributed by atoms with Crippen molar-refractivity contribution in [3.8, 4) is 0 Å². The van der Waals surface area contributed by atoms with E-state index < -0.39 is 11.6 Å². The molecule has 1 aromatic carbocycles. The van der Waals surface area contributed by atoms with Crippen LogP contribution in [0.3, 0.4) is 0 Å². The predicted octanol–water partition coefficient (Wildman–Crippen LogP) is 2.24. The third-order valence-corrected chi connectivity index (χ3v) is 1.39. The quantitative estimate of drug-likeness (QED) is 0.468. The molecule has 0 heterocycles. The van der Waals surface area contributed by atoms with Crippen LogP contribution in [-0.4, -0.2) is 6.08 Å². The SMILES string of the molecule is Cc1cc(N=C=O)c(F)cc1F. The predicted molar refractivity (Wildman–Crippen MR) is 38.9 cm³/mol. The first-order chi connectivity index (χ1) is 5.65. The Morgan fingerprint density at radius 1 is 1.33 bits per heavy atom. The highest BCUT2D eigenvalue weighted by atomic mass is 19.1. The average Bonchev–Trinajstić information content (AvgIpc) is 2.01. The monoisotopic (exact) mass is 169 g/mol. The summed E-state index contributed by atoms with van der Waals surface area (Å²) in [5.41, 5.74) is 0.0503. The molecule has 0 unspecified atom stereocenters. The number of carbonyl (C=O) groups excluding carboxylic acids is 1. The van der Waals surface area contributed by atoms with Gasteiger partial charge >= 0.3 is 0 Å². The van der Waals surface area contributed by atoms with Crippen LogP contribution in [0, 0.1) is 18.6 Å². The summed E-state index contributed by atoms with van der Waals surface area (Å²) >= 11 is 0. The minimum atomic E-state index is -0.860. The Hall–Kier alpha value is -1.54. The largest absolute Gasteiger partial charge is 0.240 e. The van der Waals surface area contributed by atoms with Crippen LogP contribution in [0.15, 0.2) is 17.1 Å². The Labute approximate surface area is 67.5 Å². The summed E-state index contributed by atoms with van der Waals surface area (Å²) in [4.78, 5) is 12.8. The van der Waals surface area contributed by atoms with Gasteiger partial charge in [-0.05, 0) is 18.6 Å². The lowest BCUT2D eigenvalue weighted by molar-refractivity contribution is 0.562. The molecule has 0 aliphatic heterocycles. The van der Waals surface area contributed by atoms with Crippen LogP contribution in [0.1, 0.15) is 5.56 Å². The first kappa shape index (κ1) is 8.56. The molecule has 0 saturated carbocycles. The number of aryl methyl sites for hydroxylation is 1. The van der Waals surface area contributed by atoms with Crippen LogP contribution in [-0.2, 0) is 4.79 Å². The van der Waals surface area contributed by atoms with Gasteiger partial charge in [-0.1, -0.05) is 0 Å². The molecule has 0 radical (unpaired) electrons. The molecule has 62 valence electrons. The number of benzene rings is 1. The van der Waals surface area contributed by atoms with E-state index in [0.29, 0.717) is 6.07 Å². The lowest BCUT2D eigenvalue weighted by Crippen LogP contribution is -1.84. The summed E-state index contributed by atoms with van der Waals surface area (Å²) in [5.74, 6) is -1.52. The summed E-state index contributed by atoms with van der Waals surface area (Å²) in [7, 11) is 0. The van der Waals surface area contributed by atoms with E-state index in [1.165, 1.54) is 13.0 Å². The van der Waals surface area contributed by atoms with E-state index in [1.807, 2.05) is 0 Å². The molecule has 2 nitrogen and oxygen atoms in total. The fourth-order valence-electron chi connectivity index (χ4n) is 0.777. The topological polar surface area (TPSA) is 29.4 Å². The highest BCUT2D eigenvalue weighted by Gasteiger charge is 2.05. The second-order valence-electron chi connectivity index (χ2n) is 2.26. The third-order valence-electron chi connectivity index (χ3n) is 1.39. The van der Waals surface area contributed by atoms with E-state index in [1.54, 1.807) is 0 Å². The fraction of sp³-hybridized carbons (Fsp3) is 0.125. The van der Waals surface area contributed by atoms with Crippen molar-refractivity contribution < 1.29 is 13.6 Å². The molecule has 1 aromatic rings. The third kappa shape index (κ3) is 1.54. The number of rotatable bonds is 1. The molecule has 0 bridgehead atoms. The van der Waals surface area contributed by atoms with E-state index in [9.17, 15) is 13.6 Å². The van der Waals surface area contributed by atoms with E-state index in [-0.39, 0.29) is 11.3 Å². The zero-order chi connectivity index (χ0) is 9.14. The van der Waals surface area contributed by atoms with Gasteiger partial charge in [0, 0.05) is 6.07 Å². The molecule has 0 saturated heterocycles. The standard InChI is InChI=1S/C8H5F2NO/c1-5-2-8(11-4-12)7(10)3-6(5)9/h2-3H,1H3. The number of isocyanates is 1. The second kappa shape index (κ2) is 3.24. The number of aliphatic imine (C=N–C) groups is 1. The van der Waals surface area contributed by atoms with Crippen LogP contribution in [0.2, 0.25) is 0 Å². The van der Waals surface area contributed by atoms with Crippen molar-refractivity contribution in [3.63, 3.8) is 0 Å². The molecule has 0 amide bonds. The van der Waals surface area contributed by atoms with Crippen molar-refractivity contribution in [2.45, 2.75) is 6.92 Å². The molecule has 0 aliphatic carbocycles. The summed E-state index contributed by atoms with van der Waals surface area (Å²) in [6.07, 6.45) is 1.18. The minimum absolute atomic E-state index is 0.191. The van der Waals surface area contributed by atoms with Crippen molar-refractivity contribution in [1.82, 2.24) is 0 Å². The van der Waals surface area contributed by atoms with Crippen molar-refractivity contribution in [3.05, 3.63) is 29.3 Å². The van der Waals surface area contributed by atoms with Gasteiger partial charge < -0.3 is 0 Å². The van der Waals surface area contributed by atoms with Crippen LogP contribution in [0.4, 0.5) is 14.5 Å². The minimum Gasteiger partial charge on any atom is -0.211 e. The fourth-order valence-corrected chi connectivity index (χ4v) is 0.777. The highest BCUT2D eigenvalue weighted by molar-refractivity contribution is 5.50. The van der Waals surface area contributed by atoms with E-state index in [2.05, 4.69) is 4.99 Å². The van der Waals surface area contributed by atoms with E-state index in [4.69, 9.17) is 0 Å². The molecular weight excluding hydrogens is 164 g/mol. The molecule has 1 rings (SSSR count). The number of hydrogen-bond acceptors (Lipinski definition) is 2. The lowest BCUT2D eigenvalue weighted by atomic mass is 10.2. The maximum atomic E-state index is 12.7. The van der Waals surface area contributed by atoms with Gasteiger partial charge in [-0.3, -0.25) is 0 Å². The normalized spacial score (nSPS) is 9.25. The summed E-state index contributed by atoms with van der Waals surface area (Å²) in [5, 5.41) is 0. The van der Waals surface area contributed by atoms with Gasteiger partial charge in [-0.15, -0.1) is 0 Å². The Morgan fingerprint density at radius 3 is 2.58 bits per heavy atom. The van der Waals surface area contributed by atoms with Crippen LogP contribution < -0.4 is 0 Å². The lowest BCUT2D eigenvalue weighted by Gasteiger charge is -1.97. The number of halogens is 2. The Balaban J connectivity index is 3.32. The molecule has 0 spiro atoms. The van der Waals surface area contributed by atoms with Crippen LogP contribution >= 0.6 is 0 Å². The van der Waals surface area contributed by atoms with Crippen LogP contribution in [0.25, 0.3) is 0 Å². The molecular formula is C8H5F2NO. The summed E-state index contributed by atoms with van der Waals surface area (Å²) in [6, 6.07) is 1.83. The van der Waals surface area contributed by atoms with Gasteiger partial charge in [0.05, 0.1) is 0 Å². The summed E-state index contributed by atoms with van der Waals surface area (Å²) in [6.45, 7) is 1.46. The van der Waals surface area contributed by atoms with Gasteiger partial charge in [0.1, 0.15) is 11.5 Å². The van der Waals surface area contributed by atoms with Crippen LogP contribution in [0.5, 0.6) is 0 Å². The highest BCUT2D eigenvalue weighted by Crippen LogP contribution is 2.20. The van der Waals surface area contributed by atoms with Gasteiger partial charge in [0.2, 0.25) is 6.08 Å². The summed E-state index contributed by atoms with van der Waals surface area (Å²) < 4.78 is 25.3. The molecule has 0 N–H and O–H groups in total. The Morgan fingerprint density at radius 2 is 2.00 bits per heavy atom. The van der Waals surface area contributed by atoms with Gasteiger partial charge in [0.15, 0.2) is 5.82 Å². The first-order valence-electron chi connectivity index (χ1n) is 3.18. The average molecular weight is 169 g/mol. The van der Waals surface area contributed by atoms with Crippen molar-refractivity contribution in [2.75, 3.05) is 0 Å². The van der Waals surface area contributed by atoms with Crippen molar-refractivity contribution in [2.24, 2.45) is 4.99 Å². The second-order valence-corrected chi connectivity index (χ2v) is 2.26. The number of nitrogens with zero attached hydrogens (tertiary/aromatic N) is 1. The van der Waals surface area contributed by atoms with E-state index >= 15 is 0 Å². The zero-order valence-corrected chi connectivity index (χ0v) is 6.27. The van der Waals surface area contributed by atoms with Crippen molar-refractivity contribution in [1.29, 1.82) is 0 Å². The molecule has 0 aliphatic rings.